The van der Waals surface area contributed by atoms with Crippen LogP contribution in [0.3, 0.4) is 0 Å². The fraction of sp³-hybridized carbons (Fsp3) is 0.250. The molecule has 1 heterocycles. The van der Waals surface area contributed by atoms with Crippen molar-refractivity contribution >= 4 is 23.4 Å². The molecular formula is C20H19N3O3. The molecule has 26 heavy (non-hydrogen) atoms. The van der Waals surface area contributed by atoms with Crippen LogP contribution in [0.25, 0.3) is 0 Å². The van der Waals surface area contributed by atoms with E-state index >= 15 is 0 Å². The lowest BCUT2D eigenvalue weighted by molar-refractivity contribution is -0.130. The van der Waals surface area contributed by atoms with Crippen molar-refractivity contribution in [2.24, 2.45) is 0 Å². The molecule has 0 saturated carbocycles. The Kier molecular flexibility index (Phi) is 4.16. The van der Waals surface area contributed by atoms with E-state index in [9.17, 15) is 14.4 Å². The van der Waals surface area contributed by atoms with Crippen LogP contribution in [0.4, 0.5) is 5.69 Å². The van der Waals surface area contributed by atoms with Crippen LogP contribution in [0.15, 0.2) is 48.5 Å². The molecule has 2 aliphatic rings. The number of nitrogens with zero attached hydrogens (tertiary/aromatic N) is 1. The molecule has 1 fully saturated rings. The number of rotatable bonds is 3. The van der Waals surface area contributed by atoms with Crippen molar-refractivity contribution in [3.05, 3.63) is 65.2 Å². The molecule has 0 bridgehead atoms. The van der Waals surface area contributed by atoms with Gasteiger partial charge in [0.1, 0.15) is 0 Å². The summed E-state index contributed by atoms with van der Waals surface area (Å²) in [6.07, 6.45) is 2.27. The number of carbonyl (C=O) groups excluding carboxylic acids is 3. The zero-order valence-corrected chi connectivity index (χ0v) is 14.2. The molecule has 2 N–H and O–H groups in total. The zero-order valence-electron chi connectivity index (χ0n) is 14.2. The first-order chi connectivity index (χ1) is 12.6. The third-order valence-corrected chi connectivity index (χ3v) is 4.88. The van der Waals surface area contributed by atoms with Crippen LogP contribution in [0.1, 0.15) is 46.8 Å². The average Bonchev–Trinajstić information content (AvgIpc) is 3.07. The lowest BCUT2D eigenvalue weighted by Gasteiger charge is -2.27. The second-order valence-electron chi connectivity index (χ2n) is 6.57. The summed E-state index contributed by atoms with van der Waals surface area (Å²) in [6, 6.07) is 14.9. The highest BCUT2D eigenvalue weighted by molar-refractivity contribution is 6.01. The van der Waals surface area contributed by atoms with Crippen LogP contribution >= 0.6 is 0 Å². The second kappa shape index (κ2) is 6.63. The Hall–Kier alpha value is -3.15. The summed E-state index contributed by atoms with van der Waals surface area (Å²) in [5.41, 5.74) is 6.08. The highest BCUT2D eigenvalue weighted by Gasteiger charge is 2.26. The smallest absolute Gasteiger partial charge is 0.251 e. The minimum Gasteiger partial charge on any atom is -0.345 e. The van der Waals surface area contributed by atoms with Crippen molar-refractivity contribution in [2.45, 2.75) is 31.7 Å². The van der Waals surface area contributed by atoms with Crippen molar-refractivity contribution in [3.8, 4) is 0 Å². The average molecular weight is 349 g/mol. The Labute approximate surface area is 151 Å². The monoisotopic (exact) mass is 349 g/mol. The van der Waals surface area contributed by atoms with Gasteiger partial charge < -0.3 is 5.32 Å². The predicted molar refractivity (Wildman–Crippen MR) is 96.3 cm³/mol. The van der Waals surface area contributed by atoms with Gasteiger partial charge in [0.15, 0.2) is 0 Å². The van der Waals surface area contributed by atoms with Crippen molar-refractivity contribution in [2.75, 3.05) is 5.01 Å². The van der Waals surface area contributed by atoms with E-state index < -0.39 is 0 Å². The molecule has 1 unspecified atom stereocenters. The van der Waals surface area contributed by atoms with Gasteiger partial charge in [0.25, 0.3) is 5.91 Å². The standard InChI is InChI=1S/C20H19N3O3/c24-18-11-12-19(25)23(22-18)15-8-5-14(6-9-15)20(26)21-17-10-7-13-3-1-2-4-16(13)17/h1-6,8-9,17H,7,10-12H2,(H,21,26)(H,22,24). The largest absolute Gasteiger partial charge is 0.345 e. The molecule has 3 amide bonds. The minimum absolute atomic E-state index is 0.0290. The number of aryl methyl sites for hydroxylation is 1. The van der Waals surface area contributed by atoms with Crippen LogP contribution in [-0.2, 0) is 16.0 Å². The summed E-state index contributed by atoms with van der Waals surface area (Å²) in [5, 5.41) is 4.31. The molecule has 1 atom stereocenters. The quantitative estimate of drug-likeness (QED) is 0.892. The van der Waals surface area contributed by atoms with Gasteiger partial charge in [-0.3, -0.25) is 19.8 Å². The first-order valence-corrected chi connectivity index (χ1v) is 8.73. The summed E-state index contributed by atoms with van der Waals surface area (Å²) < 4.78 is 0. The van der Waals surface area contributed by atoms with Gasteiger partial charge in [-0.15, -0.1) is 0 Å². The molecule has 1 aliphatic heterocycles. The molecule has 132 valence electrons. The SMILES string of the molecule is O=C1CCC(=O)N(c2ccc(C(=O)NC3CCc4ccccc43)cc2)N1. The maximum Gasteiger partial charge on any atom is 0.251 e. The summed E-state index contributed by atoms with van der Waals surface area (Å²) in [5.74, 6) is -0.497. The van der Waals surface area contributed by atoms with Gasteiger partial charge in [0, 0.05) is 18.4 Å². The number of hydrogen-bond acceptors (Lipinski definition) is 3. The molecular weight excluding hydrogens is 330 g/mol. The summed E-state index contributed by atoms with van der Waals surface area (Å²) in [6.45, 7) is 0. The number of hydrogen-bond donors (Lipinski definition) is 2. The van der Waals surface area contributed by atoms with Crippen molar-refractivity contribution in [3.63, 3.8) is 0 Å². The summed E-state index contributed by atoms with van der Waals surface area (Å²) in [4.78, 5) is 36.0. The lowest BCUT2D eigenvalue weighted by Crippen LogP contribution is -2.50. The van der Waals surface area contributed by atoms with E-state index in [-0.39, 0.29) is 36.6 Å². The fourth-order valence-electron chi connectivity index (χ4n) is 3.49. The Morgan fingerprint density at radius 1 is 1.00 bits per heavy atom. The Morgan fingerprint density at radius 3 is 2.58 bits per heavy atom. The topological polar surface area (TPSA) is 78.5 Å². The van der Waals surface area contributed by atoms with Crippen molar-refractivity contribution < 1.29 is 14.4 Å². The Morgan fingerprint density at radius 2 is 1.77 bits per heavy atom. The maximum absolute atomic E-state index is 12.6. The van der Waals surface area contributed by atoms with Crippen LogP contribution in [0.2, 0.25) is 0 Å². The summed E-state index contributed by atoms with van der Waals surface area (Å²) in [7, 11) is 0. The van der Waals surface area contributed by atoms with Gasteiger partial charge in [-0.25, -0.2) is 5.01 Å². The number of carbonyl (C=O) groups is 3. The Balaban J connectivity index is 1.46. The highest BCUT2D eigenvalue weighted by atomic mass is 16.2. The minimum atomic E-state index is -0.189. The third-order valence-electron chi connectivity index (χ3n) is 4.88. The normalized spacial score (nSPS) is 19.1. The number of amides is 3. The van der Waals surface area contributed by atoms with Crippen LogP contribution in [0, 0.1) is 0 Å². The summed E-state index contributed by atoms with van der Waals surface area (Å²) >= 11 is 0. The molecule has 2 aromatic rings. The van der Waals surface area contributed by atoms with E-state index in [0.29, 0.717) is 11.3 Å². The maximum atomic E-state index is 12.6. The zero-order chi connectivity index (χ0) is 18.1. The second-order valence-corrected chi connectivity index (χ2v) is 6.57. The molecule has 2 aromatic carbocycles. The number of anilines is 1. The first-order valence-electron chi connectivity index (χ1n) is 8.73. The van der Waals surface area contributed by atoms with Crippen molar-refractivity contribution in [1.29, 1.82) is 0 Å². The van der Waals surface area contributed by atoms with E-state index in [4.69, 9.17) is 0 Å². The highest BCUT2D eigenvalue weighted by Crippen LogP contribution is 2.31. The predicted octanol–water partition coefficient (Wildman–Crippen LogP) is 2.26. The van der Waals surface area contributed by atoms with E-state index in [1.807, 2.05) is 12.1 Å². The van der Waals surface area contributed by atoms with Gasteiger partial charge in [0.05, 0.1) is 11.7 Å². The van der Waals surface area contributed by atoms with Gasteiger partial charge in [-0.1, -0.05) is 24.3 Å². The Bertz CT molecular complexity index is 876. The number of nitrogens with one attached hydrogen (secondary N) is 2. The number of benzene rings is 2. The van der Waals surface area contributed by atoms with E-state index in [2.05, 4.69) is 22.9 Å². The van der Waals surface area contributed by atoms with Crippen LogP contribution < -0.4 is 15.8 Å². The lowest BCUT2D eigenvalue weighted by atomic mass is 10.1. The molecule has 0 spiro atoms. The van der Waals surface area contributed by atoms with Crippen molar-refractivity contribution in [1.82, 2.24) is 10.7 Å². The number of hydrazine groups is 1. The molecule has 1 aliphatic carbocycles. The molecule has 1 saturated heterocycles. The number of fused-ring (bicyclic) bond motifs is 1. The molecule has 6 nitrogen and oxygen atoms in total. The first kappa shape index (κ1) is 16.3. The molecule has 0 aromatic heterocycles. The van der Waals surface area contributed by atoms with Gasteiger partial charge >= 0.3 is 0 Å². The van der Waals surface area contributed by atoms with E-state index in [0.717, 1.165) is 12.8 Å². The van der Waals surface area contributed by atoms with E-state index in [1.54, 1.807) is 24.3 Å². The van der Waals surface area contributed by atoms with Crippen LogP contribution in [-0.4, -0.2) is 17.7 Å². The van der Waals surface area contributed by atoms with Crippen LogP contribution in [0.5, 0.6) is 0 Å². The van der Waals surface area contributed by atoms with Gasteiger partial charge in [-0.2, -0.15) is 0 Å². The molecule has 6 heteroatoms. The van der Waals surface area contributed by atoms with E-state index in [1.165, 1.54) is 16.1 Å². The molecule has 0 radical (unpaired) electrons. The fourth-order valence-corrected chi connectivity index (χ4v) is 3.49. The molecule has 4 rings (SSSR count). The third kappa shape index (κ3) is 3.06. The van der Waals surface area contributed by atoms with Gasteiger partial charge in [-0.05, 0) is 48.2 Å². The van der Waals surface area contributed by atoms with Gasteiger partial charge in [0.2, 0.25) is 11.8 Å².